The summed E-state index contributed by atoms with van der Waals surface area (Å²) in [4.78, 5) is 16.0. The Morgan fingerprint density at radius 3 is 2.50 bits per heavy atom. The van der Waals surface area contributed by atoms with E-state index in [2.05, 4.69) is 18.8 Å². The van der Waals surface area contributed by atoms with Gasteiger partial charge in [0.05, 0.1) is 11.3 Å². The van der Waals surface area contributed by atoms with E-state index in [4.69, 9.17) is 0 Å². The van der Waals surface area contributed by atoms with Crippen molar-refractivity contribution in [2.75, 3.05) is 0 Å². The van der Waals surface area contributed by atoms with E-state index in [1.165, 1.54) is 0 Å². The third-order valence-corrected chi connectivity index (χ3v) is 3.92. The van der Waals surface area contributed by atoms with E-state index in [-0.39, 0.29) is 5.92 Å². The van der Waals surface area contributed by atoms with Crippen molar-refractivity contribution in [2.24, 2.45) is 0 Å². The molecule has 2 rings (SSSR count). The van der Waals surface area contributed by atoms with Crippen molar-refractivity contribution < 1.29 is 9.90 Å². The van der Waals surface area contributed by atoms with Crippen LogP contribution in [0.1, 0.15) is 85.6 Å². The van der Waals surface area contributed by atoms with Crippen LogP contribution in [0.3, 0.4) is 0 Å². The van der Waals surface area contributed by atoms with Crippen LogP contribution < -0.4 is 0 Å². The standard InChI is InChI=1S/C15H21NO2/c1-8(2)13-12(15(17)18)7-11-9(3)5-6-10(4)14(11)16-13/h7-10H,5-6H2,1-4H3,(H,17,18). The van der Waals surface area contributed by atoms with Crippen LogP contribution in [0.15, 0.2) is 6.07 Å². The summed E-state index contributed by atoms with van der Waals surface area (Å²) < 4.78 is 0. The van der Waals surface area contributed by atoms with Gasteiger partial charge < -0.3 is 5.11 Å². The molecule has 98 valence electrons. The van der Waals surface area contributed by atoms with E-state index in [9.17, 15) is 9.90 Å². The Hall–Kier alpha value is -1.38. The molecule has 0 saturated carbocycles. The van der Waals surface area contributed by atoms with Gasteiger partial charge >= 0.3 is 5.97 Å². The quantitative estimate of drug-likeness (QED) is 0.862. The number of fused-ring (bicyclic) bond motifs is 1. The number of hydrogen-bond acceptors (Lipinski definition) is 2. The Morgan fingerprint density at radius 2 is 1.94 bits per heavy atom. The van der Waals surface area contributed by atoms with Crippen molar-refractivity contribution in [3.05, 3.63) is 28.6 Å². The van der Waals surface area contributed by atoms with Gasteiger partial charge in [0.1, 0.15) is 0 Å². The molecule has 0 saturated heterocycles. The van der Waals surface area contributed by atoms with E-state index in [0.717, 1.165) is 29.8 Å². The maximum absolute atomic E-state index is 11.4. The first-order valence-electron chi connectivity index (χ1n) is 6.69. The lowest BCUT2D eigenvalue weighted by Gasteiger charge is -2.28. The molecule has 0 bridgehead atoms. The van der Waals surface area contributed by atoms with Crippen molar-refractivity contribution in [1.82, 2.24) is 4.98 Å². The first kappa shape index (κ1) is 13.1. The van der Waals surface area contributed by atoms with E-state index >= 15 is 0 Å². The zero-order chi connectivity index (χ0) is 13.4. The number of aromatic carboxylic acids is 1. The lowest BCUT2D eigenvalue weighted by Crippen LogP contribution is -2.17. The molecule has 1 aliphatic rings. The summed E-state index contributed by atoms with van der Waals surface area (Å²) in [7, 11) is 0. The lowest BCUT2D eigenvalue weighted by molar-refractivity contribution is 0.0694. The summed E-state index contributed by atoms with van der Waals surface area (Å²) in [6.45, 7) is 8.34. The maximum atomic E-state index is 11.4. The van der Waals surface area contributed by atoms with E-state index < -0.39 is 5.97 Å². The molecule has 18 heavy (non-hydrogen) atoms. The molecule has 1 aromatic rings. The van der Waals surface area contributed by atoms with Gasteiger partial charge in [0, 0.05) is 5.69 Å². The molecule has 3 heteroatoms. The molecule has 1 aliphatic carbocycles. The van der Waals surface area contributed by atoms with Gasteiger partial charge in [-0.05, 0) is 42.2 Å². The fraction of sp³-hybridized carbons (Fsp3) is 0.600. The normalized spacial score (nSPS) is 22.9. The second kappa shape index (κ2) is 4.71. The molecule has 1 heterocycles. The minimum atomic E-state index is -0.862. The first-order chi connectivity index (χ1) is 8.41. The van der Waals surface area contributed by atoms with Gasteiger partial charge in [-0.25, -0.2) is 4.79 Å². The second-order valence-corrected chi connectivity index (χ2v) is 5.73. The van der Waals surface area contributed by atoms with E-state index in [1.54, 1.807) is 0 Å². The Balaban J connectivity index is 2.64. The number of hydrogen-bond donors (Lipinski definition) is 1. The lowest BCUT2D eigenvalue weighted by atomic mass is 9.80. The molecule has 0 aromatic carbocycles. The number of aromatic nitrogens is 1. The molecule has 2 atom stereocenters. The molecule has 1 N–H and O–H groups in total. The zero-order valence-electron chi connectivity index (χ0n) is 11.5. The monoisotopic (exact) mass is 247 g/mol. The SMILES string of the molecule is CC(C)c1nc2c(cc1C(=O)O)C(C)CCC2C. The first-order valence-corrected chi connectivity index (χ1v) is 6.69. The van der Waals surface area contributed by atoms with Crippen molar-refractivity contribution >= 4 is 5.97 Å². The van der Waals surface area contributed by atoms with Crippen LogP contribution in [0, 0.1) is 0 Å². The number of carboxylic acid groups (broad SMARTS) is 1. The van der Waals surface area contributed by atoms with Crippen LogP contribution in [0.25, 0.3) is 0 Å². The van der Waals surface area contributed by atoms with Crippen LogP contribution in [-0.4, -0.2) is 16.1 Å². The Morgan fingerprint density at radius 1 is 1.33 bits per heavy atom. The Kier molecular flexibility index (Phi) is 3.42. The van der Waals surface area contributed by atoms with E-state index in [1.807, 2.05) is 19.9 Å². The van der Waals surface area contributed by atoms with Crippen LogP contribution in [0.4, 0.5) is 0 Å². The summed E-state index contributed by atoms with van der Waals surface area (Å²) in [6.07, 6.45) is 2.26. The highest BCUT2D eigenvalue weighted by atomic mass is 16.4. The predicted molar refractivity (Wildman–Crippen MR) is 71.3 cm³/mol. The molecule has 0 aliphatic heterocycles. The molecule has 0 spiro atoms. The van der Waals surface area contributed by atoms with Crippen LogP contribution in [0.5, 0.6) is 0 Å². The van der Waals surface area contributed by atoms with Crippen molar-refractivity contribution in [2.45, 2.75) is 58.3 Å². The van der Waals surface area contributed by atoms with Gasteiger partial charge in [0.2, 0.25) is 0 Å². The van der Waals surface area contributed by atoms with E-state index in [0.29, 0.717) is 17.4 Å². The van der Waals surface area contributed by atoms with Crippen LogP contribution in [0.2, 0.25) is 0 Å². The predicted octanol–water partition coefficient (Wildman–Crippen LogP) is 3.90. The average Bonchev–Trinajstić information content (AvgIpc) is 2.32. The fourth-order valence-corrected chi connectivity index (χ4v) is 2.75. The highest BCUT2D eigenvalue weighted by molar-refractivity contribution is 5.89. The smallest absolute Gasteiger partial charge is 0.337 e. The molecular formula is C15H21NO2. The fourth-order valence-electron chi connectivity index (χ4n) is 2.75. The molecule has 0 fully saturated rings. The largest absolute Gasteiger partial charge is 0.478 e. The Labute approximate surface area is 108 Å². The third kappa shape index (κ3) is 2.14. The Bertz CT molecular complexity index is 480. The van der Waals surface area contributed by atoms with Gasteiger partial charge in [-0.3, -0.25) is 4.98 Å². The van der Waals surface area contributed by atoms with Crippen molar-refractivity contribution in [3.63, 3.8) is 0 Å². The summed E-state index contributed by atoms with van der Waals surface area (Å²) >= 11 is 0. The van der Waals surface area contributed by atoms with Crippen molar-refractivity contribution in [3.8, 4) is 0 Å². The van der Waals surface area contributed by atoms with Gasteiger partial charge in [0.15, 0.2) is 0 Å². The van der Waals surface area contributed by atoms with Crippen molar-refractivity contribution in [1.29, 1.82) is 0 Å². The summed E-state index contributed by atoms with van der Waals surface area (Å²) in [5.74, 6) is 0.143. The summed E-state index contributed by atoms with van der Waals surface area (Å²) in [5.41, 5.74) is 3.35. The third-order valence-electron chi connectivity index (χ3n) is 3.92. The number of carboxylic acids is 1. The minimum Gasteiger partial charge on any atom is -0.478 e. The zero-order valence-corrected chi connectivity index (χ0v) is 11.5. The van der Waals surface area contributed by atoms with Gasteiger partial charge in [-0.15, -0.1) is 0 Å². The molecular weight excluding hydrogens is 226 g/mol. The number of pyridine rings is 1. The topological polar surface area (TPSA) is 50.2 Å². The molecule has 3 nitrogen and oxygen atoms in total. The van der Waals surface area contributed by atoms with Gasteiger partial charge in [0.25, 0.3) is 0 Å². The molecule has 0 radical (unpaired) electrons. The second-order valence-electron chi connectivity index (χ2n) is 5.73. The number of rotatable bonds is 2. The highest BCUT2D eigenvalue weighted by Crippen LogP contribution is 2.38. The van der Waals surface area contributed by atoms with Gasteiger partial charge in [-0.2, -0.15) is 0 Å². The van der Waals surface area contributed by atoms with Crippen LogP contribution in [-0.2, 0) is 0 Å². The summed E-state index contributed by atoms with van der Waals surface area (Å²) in [5, 5.41) is 9.33. The minimum absolute atomic E-state index is 0.144. The number of carbonyl (C=O) groups is 1. The molecule has 1 aromatic heterocycles. The molecule has 2 unspecified atom stereocenters. The van der Waals surface area contributed by atoms with Gasteiger partial charge in [-0.1, -0.05) is 27.7 Å². The highest BCUT2D eigenvalue weighted by Gasteiger charge is 2.27. The molecule has 0 amide bonds. The maximum Gasteiger partial charge on any atom is 0.337 e. The van der Waals surface area contributed by atoms with Crippen LogP contribution >= 0.6 is 0 Å². The number of nitrogens with zero attached hydrogens (tertiary/aromatic N) is 1. The average molecular weight is 247 g/mol. The summed E-state index contributed by atoms with van der Waals surface area (Å²) in [6, 6.07) is 1.86.